The van der Waals surface area contributed by atoms with Crippen molar-refractivity contribution in [3.63, 3.8) is 0 Å². The van der Waals surface area contributed by atoms with Gasteiger partial charge in [-0.1, -0.05) is 31.9 Å². The van der Waals surface area contributed by atoms with Gasteiger partial charge in [0, 0.05) is 23.3 Å². The molecule has 1 spiro atoms. The van der Waals surface area contributed by atoms with E-state index in [0.717, 1.165) is 35.0 Å². The second-order valence-electron chi connectivity index (χ2n) is 17.5. The second-order valence-corrected chi connectivity index (χ2v) is 19.7. The van der Waals surface area contributed by atoms with Crippen LogP contribution in [0.15, 0.2) is 30.4 Å². The van der Waals surface area contributed by atoms with Gasteiger partial charge in [0.1, 0.15) is 40.3 Å². The number of hydrogen-bond donors (Lipinski definition) is 3. The van der Waals surface area contributed by atoms with Gasteiger partial charge in [0.2, 0.25) is 21.8 Å². The van der Waals surface area contributed by atoms with Gasteiger partial charge in [-0.25, -0.2) is 18.2 Å². The summed E-state index contributed by atoms with van der Waals surface area (Å²) in [4.78, 5) is 63.0. The van der Waals surface area contributed by atoms with Gasteiger partial charge in [0.15, 0.2) is 0 Å². The zero-order chi connectivity index (χ0) is 40.3. The molecule has 1 aromatic heterocycles. The van der Waals surface area contributed by atoms with Crippen LogP contribution in [0.4, 0.5) is 4.79 Å². The molecular formula is C41H55N5O9S. The van der Waals surface area contributed by atoms with Crippen molar-refractivity contribution in [1.29, 1.82) is 0 Å². The van der Waals surface area contributed by atoms with Crippen LogP contribution in [-0.4, -0.2) is 89.3 Å². The van der Waals surface area contributed by atoms with Gasteiger partial charge in [0.05, 0.1) is 29.6 Å². The molecule has 5 atom stereocenters. The Hall–Kier alpha value is -4.40. The van der Waals surface area contributed by atoms with Crippen LogP contribution in [0.25, 0.3) is 10.9 Å². The van der Waals surface area contributed by atoms with E-state index in [0.29, 0.717) is 62.9 Å². The van der Waals surface area contributed by atoms with Gasteiger partial charge < -0.3 is 29.7 Å². The Bertz CT molecular complexity index is 2080. The van der Waals surface area contributed by atoms with Crippen molar-refractivity contribution in [1.82, 2.24) is 25.2 Å². The van der Waals surface area contributed by atoms with Crippen molar-refractivity contribution in [2.75, 3.05) is 13.7 Å². The molecule has 14 nitrogen and oxygen atoms in total. The van der Waals surface area contributed by atoms with Crippen molar-refractivity contribution in [3.8, 4) is 11.5 Å². The summed E-state index contributed by atoms with van der Waals surface area (Å²) >= 11 is 0. The molecule has 3 fully saturated rings. The van der Waals surface area contributed by atoms with Gasteiger partial charge in [-0.3, -0.25) is 19.1 Å². The summed E-state index contributed by atoms with van der Waals surface area (Å²) in [7, 11) is -2.38. The number of benzene rings is 1. The summed E-state index contributed by atoms with van der Waals surface area (Å²) in [5, 5.41) is 6.66. The van der Waals surface area contributed by atoms with Crippen molar-refractivity contribution >= 4 is 44.7 Å². The number of ether oxygens (including phenoxy) is 3. The van der Waals surface area contributed by atoms with E-state index in [9.17, 15) is 27.6 Å². The fraction of sp³-hybridized carbons (Fsp3) is 0.634. The van der Waals surface area contributed by atoms with Gasteiger partial charge in [-0.2, -0.15) is 0 Å². The van der Waals surface area contributed by atoms with Crippen LogP contribution in [0.1, 0.15) is 110 Å². The highest BCUT2D eigenvalue weighted by Gasteiger charge is 2.64. The maximum Gasteiger partial charge on any atom is 0.408 e. The number of aromatic nitrogens is 1. The highest BCUT2D eigenvalue weighted by Crippen LogP contribution is 2.49. The Morgan fingerprint density at radius 3 is 2.57 bits per heavy atom. The lowest BCUT2D eigenvalue weighted by Gasteiger charge is -2.37. The molecule has 1 saturated heterocycles. The van der Waals surface area contributed by atoms with Crippen LogP contribution >= 0.6 is 0 Å². The highest BCUT2D eigenvalue weighted by molar-refractivity contribution is 7.91. The minimum atomic E-state index is -3.99. The molecule has 15 heteroatoms. The summed E-state index contributed by atoms with van der Waals surface area (Å²) in [5.74, 6) is -0.941. The molecule has 0 bridgehead atoms. The number of nitrogens with zero attached hydrogens (tertiary/aromatic N) is 2. The average molecular weight is 794 g/mol. The van der Waals surface area contributed by atoms with Crippen LogP contribution in [0, 0.1) is 5.92 Å². The van der Waals surface area contributed by atoms with Crippen LogP contribution in [0.5, 0.6) is 11.5 Å². The van der Waals surface area contributed by atoms with Crippen molar-refractivity contribution in [2.45, 2.75) is 145 Å². The van der Waals surface area contributed by atoms with Crippen molar-refractivity contribution in [2.24, 2.45) is 5.92 Å². The lowest BCUT2D eigenvalue weighted by molar-refractivity contribution is -0.141. The summed E-state index contributed by atoms with van der Waals surface area (Å²) < 4.78 is 45.8. The number of methoxy groups -OCH3 is 1. The first-order chi connectivity index (χ1) is 26.4. The Morgan fingerprint density at radius 1 is 1.11 bits per heavy atom. The van der Waals surface area contributed by atoms with Gasteiger partial charge in [-0.05, 0) is 104 Å². The summed E-state index contributed by atoms with van der Waals surface area (Å²) in [5.41, 5.74) is -0.748. The van der Waals surface area contributed by atoms with Crippen LogP contribution in [0.3, 0.4) is 0 Å². The van der Waals surface area contributed by atoms with E-state index in [1.807, 2.05) is 37.3 Å². The third kappa shape index (κ3) is 7.67. The molecule has 2 saturated carbocycles. The molecule has 2 aliphatic carbocycles. The maximum atomic E-state index is 14.8. The van der Waals surface area contributed by atoms with E-state index in [-0.39, 0.29) is 19.4 Å². The Labute approximate surface area is 328 Å². The Morgan fingerprint density at radius 2 is 1.88 bits per heavy atom. The standard InChI is InChI=1S/C41H55N5O9S/c1-7-29-33-27(28-21-26(53-6)15-16-30(28)42-29)17-18-40(54-33)23-32-34(47)44-41(36(49)45-56(51,52)39(5)19-20-39)22-25(41)13-11-9-8-10-12-14-31(35(48)46(32)24-40)43-37(50)55-38(2,3)4/h11,13,15-16,21,25,31-32H,7-10,12,14,17-20,22-24H2,1-6H3,(H,43,50)(H,44,47)(H,45,49)/b13-11-/t25-,31+,32+,40-,41-/m1/s1. The number of rotatable bonds is 6. The van der Waals surface area contributed by atoms with E-state index in [4.69, 9.17) is 19.2 Å². The molecular weight excluding hydrogens is 739 g/mol. The number of carbonyl (C=O) groups excluding carboxylic acids is 4. The Kier molecular flexibility index (Phi) is 10.3. The smallest absolute Gasteiger partial charge is 0.408 e. The molecule has 2 aromatic rings. The number of carbonyl (C=O) groups is 4. The SMILES string of the molecule is CCc1nc2ccc(OC)cc2c2c1O[C@]1(CC2)C[C@H]2C(=O)N[C@]3(C(=O)NS(=O)(=O)C4(C)CC4)C[C@H]3/C=C\CCCCC[C@H](NC(=O)OC(C)(C)C)C(=O)N2C1. The lowest BCUT2D eigenvalue weighted by atomic mass is 9.87. The molecule has 4 amide bonds. The maximum absolute atomic E-state index is 14.8. The molecule has 7 rings (SSSR count). The number of sulfonamides is 1. The molecule has 5 aliphatic rings. The summed E-state index contributed by atoms with van der Waals surface area (Å²) in [6.45, 7) is 8.88. The first-order valence-corrected chi connectivity index (χ1v) is 21.4. The fourth-order valence-corrected chi connectivity index (χ4v) is 9.70. The van der Waals surface area contributed by atoms with E-state index in [1.165, 1.54) is 4.90 Å². The molecule has 0 radical (unpaired) electrons. The zero-order valence-electron chi connectivity index (χ0n) is 33.3. The van der Waals surface area contributed by atoms with Crippen LogP contribution in [0.2, 0.25) is 0 Å². The fourth-order valence-electron chi connectivity index (χ4n) is 8.39. The van der Waals surface area contributed by atoms with E-state index in [2.05, 4.69) is 15.4 Å². The van der Waals surface area contributed by atoms with Crippen LogP contribution in [-0.2, 0) is 42.0 Å². The highest BCUT2D eigenvalue weighted by atomic mass is 32.2. The molecule has 56 heavy (non-hydrogen) atoms. The lowest BCUT2D eigenvalue weighted by Crippen LogP contribution is -2.58. The number of alkyl carbamates (subject to hydrolysis) is 1. The van der Waals surface area contributed by atoms with Crippen LogP contribution < -0.4 is 24.8 Å². The van der Waals surface area contributed by atoms with Gasteiger partial charge in [-0.15, -0.1) is 0 Å². The predicted molar refractivity (Wildman–Crippen MR) is 209 cm³/mol. The molecule has 4 heterocycles. The molecule has 3 aliphatic heterocycles. The topological polar surface area (TPSA) is 182 Å². The largest absolute Gasteiger partial charge is 0.497 e. The number of pyridine rings is 1. The van der Waals surface area contributed by atoms with Crippen molar-refractivity contribution in [3.05, 3.63) is 41.6 Å². The third-order valence-corrected chi connectivity index (χ3v) is 14.3. The molecule has 1 aromatic carbocycles. The number of aryl methyl sites for hydroxylation is 2. The quantitative estimate of drug-likeness (QED) is 0.345. The number of nitrogens with one attached hydrogen (secondary N) is 3. The third-order valence-electron chi connectivity index (χ3n) is 12.1. The first-order valence-electron chi connectivity index (χ1n) is 20.0. The molecule has 0 unspecified atom stereocenters. The normalized spacial score (nSPS) is 29.3. The van der Waals surface area contributed by atoms with Gasteiger partial charge >= 0.3 is 6.09 Å². The van der Waals surface area contributed by atoms with Crippen molar-refractivity contribution < 1.29 is 41.8 Å². The van der Waals surface area contributed by atoms with Gasteiger partial charge in [0.25, 0.3) is 5.91 Å². The number of allylic oxidation sites excluding steroid dienone is 1. The first kappa shape index (κ1) is 39.8. The second kappa shape index (κ2) is 14.5. The number of fused-ring (bicyclic) bond motifs is 5. The molecule has 304 valence electrons. The van der Waals surface area contributed by atoms with E-state index in [1.54, 1.807) is 34.8 Å². The zero-order valence-corrected chi connectivity index (χ0v) is 34.1. The Balaban J connectivity index is 1.25. The monoisotopic (exact) mass is 793 g/mol. The summed E-state index contributed by atoms with van der Waals surface area (Å²) in [6, 6.07) is 3.65. The average Bonchev–Trinajstić information content (AvgIpc) is 4.03. The minimum absolute atomic E-state index is 0.0461. The molecule has 3 N–H and O–H groups in total. The number of amides is 4. The summed E-state index contributed by atoms with van der Waals surface area (Å²) in [6.07, 6.45) is 9.20. The number of hydrogen-bond acceptors (Lipinski definition) is 10. The predicted octanol–water partition coefficient (Wildman–Crippen LogP) is 4.76. The van der Waals surface area contributed by atoms with E-state index < -0.39 is 73.3 Å². The van der Waals surface area contributed by atoms with E-state index >= 15 is 0 Å². The minimum Gasteiger partial charge on any atom is -0.497 e.